The molecule has 0 radical (unpaired) electrons. The van der Waals surface area contributed by atoms with Gasteiger partial charge in [0, 0.05) is 16.4 Å². The zero-order valence-corrected chi connectivity index (χ0v) is 16.8. The predicted octanol–water partition coefficient (Wildman–Crippen LogP) is 5.88. The number of rotatable bonds is 9. The van der Waals surface area contributed by atoms with Crippen LogP contribution in [-0.2, 0) is 0 Å². The highest BCUT2D eigenvalue weighted by Gasteiger charge is 2.39. The van der Waals surface area contributed by atoms with E-state index in [4.69, 9.17) is 0 Å². The summed E-state index contributed by atoms with van der Waals surface area (Å²) < 4.78 is 13.5. The van der Waals surface area contributed by atoms with Crippen molar-refractivity contribution in [3.63, 3.8) is 0 Å². The summed E-state index contributed by atoms with van der Waals surface area (Å²) in [6, 6.07) is 24.2. The average Bonchev–Trinajstić information content (AvgIpc) is 2.77. The van der Waals surface area contributed by atoms with Gasteiger partial charge in [0.05, 0.1) is 5.92 Å². The second kappa shape index (κ2) is 9.92. The van der Waals surface area contributed by atoms with Gasteiger partial charge in [0.2, 0.25) is 6.54 Å². The number of nitro groups is 1. The van der Waals surface area contributed by atoms with Crippen molar-refractivity contribution in [2.24, 2.45) is 5.92 Å². The van der Waals surface area contributed by atoms with Gasteiger partial charge in [-0.1, -0.05) is 79.7 Å². The molecule has 3 aromatic carbocycles. The molecule has 30 heavy (non-hydrogen) atoms. The molecular formula is C25H24FNO3. The Labute approximate surface area is 175 Å². The molecule has 154 valence electrons. The van der Waals surface area contributed by atoms with Gasteiger partial charge in [0.15, 0.2) is 5.78 Å². The minimum atomic E-state index is -0.682. The fourth-order valence-corrected chi connectivity index (χ4v) is 4.13. The Hall–Kier alpha value is -3.34. The van der Waals surface area contributed by atoms with Crippen LogP contribution in [0.1, 0.15) is 46.7 Å². The number of halogens is 1. The minimum absolute atomic E-state index is 0.137. The summed E-state index contributed by atoms with van der Waals surface area (Å²) in [5.41, 5.74) is 2.08. The van der Waals surface area contributed by atoms with Crippen LogP contribution in [0, 0.1) is 21.8 Å². The van der Waals surface area contributed by atoms with E-state index in [-0.39, 0.29) is 11.7 Å². The van der Waals surface area contributed by atoms with E-state index in [0.717, 1.165) is 5.56 Å². The van der Waals surface area contributed by atoms with Gasteiger partial charge >= 0.3 is 0 Å². The molecule has 0 saturated carbocycles. The first-order valence-corrected chi connectivity index (χ1v) is 10.0. The molecule has 0 saturated heterocycles. The van der Waals surface area contributed by atoms with Crippen molar-refractivity contribution in [3.05, 3.63) is 118 Å². The Bertz CT molecular complexity index is 974. The van der Waals surface area contributed by atoms with Crippen molar-refractivity contribution in [2.75, 3.05) is 6.54 Å². The molecule has 0 N–H and O–H groups in total. The predicted molar refractivity (Wildman–Crippen MR) is 115 cm³/mol. The number of carbonyl (C=O) groups is 1. The van der Waals surface area contributed by atoms with E-state index in [1.807, 2.05) is 43.3 Å². The first kappa shape index (κ1) is 21.4. The van der Waals surface area contributed by atoms with Gasteiger partial charge in [-0.2, -0.15) is 0 Å². The van der Waals surface area contributed by atoms with Gasteiger partial charge in [0.1, 0.15) is 5.82 Å². The first-order valence-electron chi connectivity index (χ1n) is 10.0. The van der Waals surface area contributed by atoms with Gasteiger partial charge < -0.3 is 0 Å². The normalized spacial score (nSPS) is 13.9. The topological polar surface area (TPSA) is 60.2 Å². The molecule has 0 aliphatic rings. The molecule has 0 amide bonds. The average molecular weight is 405 g/mol. The van der Waals surface area contributed by atoms with Gasteiger partial charge in [-0.15, -0.1) is 0 Å². The second-order valence-electron chi connectivity index (χ2n) is 7.35. The number of ketones is 1. The highest BCUT2D eigenvalue weighted by molar-refractivity contribution is 5.99. The quantitative estimate of drug-likeness (QED) is 0.254. The summed E-state index contributed by atoms with van der Waals surface area (Å²) in [7, 11) is 0. The molecule has 0 fully saturated rings. The van der Waals surface area contributed by atoms with Crippen molar-refractivity contribution in [1.82, 2.24) is 0 Å². The van der Waals surface area contributed by atoms with E-state index in [9.17, 15) is 19.3 Å². The number of hydrogen-bond donors (Lipinski definition) is 0. The van der Waals surface area contributed by atoms with Gasteiger partial charge in [-0.3, -0.25) is 14.9 Å². The Morgan fingerprint density at radius 1 is 0.867 bits per heavy atom. The molecule has 3 aromatic rings. The van der Waals surface area contributed by atoms with Crippen molar-refractivity contribution in [3.8, 4) is 0 Å². The Kier molecular flexibility index (Phi) is 7.07. The molecule has 0 aromatic heterocycles. The van der Waals surface area contributed by atoms with E-state index in [1.165, 1.54) is 12.1 Å². The molecule has 0 unspecified atom stereocenters. The molecule has 4 nitrogen and oxygen atoms in total. The van der Waals surface area contributed by atoms with Crippen LogP contribution in [0.5, 0.6) is 0 Å². The number of hydrogen-bond acceptors (Lipinski definition) is 3. The SMILES string of the molecule is CC[C@@H](c1ccccc1)[C@@H](C(=O)c1ccccc1)[C@H](C[N+](=O)[O-])c1ccc(F)cc1. The Morgan fingerprint density at radius 2 is 1.40 bits per heavy atom. The highest BCUT2D eigenvalue weighted by atomic mass is 19.1. The monoisotopic (exact) mass is 405 g/mol. The van der Waals surface area contributed by atoms with Crippen LogP contribution in [0.15, 0.2) is 84.9 Å². The molecule has 0 bridgehead atoms. The third kappa shape index (κ3) is 4.98. The maximum Gasteiger partial charge on any atom is 0.211 e. The van der Waals surface area contributed by atoms with E-state index in [0.29, 0.717) is 17.5 Å². The zero-order chi connectivity index (χ0) is 21.5. The fraction of sp³-hybridized carbons (Fsp3) is 0.240. The van der Waals surface area contributed by atoms with Crippen LogP contribution in [0.2, 0.25) is 0 Å². The highest BCUT2D eigenvalue weighted by Crippen LogP contribution is 2.40. The lowest BCUT2D eigenvalue weighted by Gasteiger charge is -2.31. The van der Waals surface area contributed by atoms with E-state index in [1.54, 1.807) is 36.4 Å². The lowest BCUT2D eigenvalue weighted by Crippen LogP contribution is -2.32. The van der Waals surface area contributed by atoms with Crippen LogP contribution in [0.3, 0.4) is 0 Å². The van der Waals surface area contributed by atoms with Gasteiger partial charge in [-0.25, -0.2) is 4.39 Å². The minimum Gasteiger partial charge on any atom is -0.294 e. The van der Waals surface area contributed by atoms with Crippen molar-refractivity contribution in [1.29, 1.82) is 0 Å². The maximum absolute atomic E-state index is 13.7. The van der Waals surface area contributed by atoms with Crippen LogP contribution in [-0.4, -0.2) is 17.3 Å². The lowest BCUT2D eigenvalue weighted by molar-refractivity contribution is -0.484. The number of carbonyl (C=O) groups excluding carboxylic acids is 1. The third-order valence-corrected chi connectivity index (χ3v) is 5.54. The molecule has 0 heterocycles. The first-order chi connectivity index (χ1) is 14.5. The molecule has 3 atom stereocenters. The Morgan fingerprint density at radius 3 is 1.93 bits per heavy atom. The zero-order valence-electron chi connectivity index (χ0n) is 16.8. The summed E-state index contributed by atoms with van der Waals surface area (Å²) in [5.74, 6) is -2.11. The fourth-order valence-electron chi connectivity index (χ4n) is 4.13. The lowest BCUT2D eigenvalue weighted by atomic mass is 9.70. The van der Waals surface area contributed by atoms with Crippen molar-refractivity contribution < 1.29 is 14.1 Å². The number of Topliss-reactive ketones (excluding diaryl/α,β-unsaturated/α-hetero) is 1. The molecule has 0 spiro atoms. The van der Waals surface area contributed by atoms with E-state index >= 15 is 0 Å². The Balaban J connectivity index is 2.15. The summed E-state index contributed by atoms with van der Waals surface area (Å²) in [5, 5.41) is 11.6. The van der Waals surface area contributed by atoms with Crippen LogP contribution >= 0.6 is 0 Å². The summed E-state index contributed by atoms with van der Waals surface area (Å²) in [6.45, 7) is 1.58. The summed E-state index contributed by atoms with van der Waals surface area (Å²) in [4.78, 5) is 24.9. The number of nitrogens with zero attached hydrogens (tertiary/aromatic N) is 1. The molecular weight excluding hydrogens is 381 g/mol. The molecule has 0 aliphatic carbocycles. The van der Waals surface area contributed by atoms with Crippen LogP contribution in [0.4, 0.5) is 4.39 Å². The van der Waals surface area contributed by atoms with E-state index in [2.05, 4.69) is 0 Å². The van der Waals surface area contributed by atoms with Crippen LogP contribution < -0.4 is 0 Å². The standard InChI is InChI=1S/C25H24FNO3/c1-2-22(18-9-5-3-6-10-18)24(25(28)20-11-7-4-8-12-20)23(17-27(29)30)19-13-15-21(26)16-14-19/h3-16,22-24H,2,17H2,1H3/t22-,23+,24+/m0/s1. The maximum atomic E-state index is 13.7. The van der Waals surface area contributed by atoms with Gasteiger partial charge in [0.25, 0.3) is 0 Å². The molecule has 0 aliphatic heterocycles. The second-order valence-corrected chi connectivity index (χ2v) is 7.35. The van der Waals surface area contributed by atoms with Gasteiger partial charge in [-0.05, 0) is 35.6 Å². The largest absolute Gasteiger partial charge is 0.294 e. The summed E-state index contributed by atoms with van der Waals surface area (Å²) in [6.07, 6.45) is 0.642. The van der Waals surface area contributed by atoms with E-state index < -0.39 is 29.1 Å². The van der Waals surface area contributed by atoms with Crippen molar-refractivity contribution >= 4 is 5.78 Å². The number of benzene rings is 3. The molecule has 3 rings (SSSR count). The molecule has 5 heteroatoms. The third-order valence-electron chi connectivity index (χ3n) is 5.54. The smallest absolute Gasteiger partial charge is 0.211 e. The summed E-state index contributed by atoms with van der Waals surface area (Å²) >= 11 is 0. The van der Waals surface area contributed by atoms with Crippen molar-refractivity contribution in [2.45, 2.75) is 25.2 Å². The van der Waals surface area contributed by atoms with Crippen LogP contribution in [0.25, 0.3) is 0 Å².